The van der Waals surface area contributed by atoms with Gasteiger partial charge in [0.1, 0.15) is 11.9 Å². The lowest BCUT2D eigenvalue weighted by Gasteiger charge is -2.25. The van der Waals surface area contributed by atoms with Gasteiger partial charge in [-0.3, -0.25) is 4.79 Å². The first-order chi connectivity index (χ1) is 18.5. The van der Waals surface area contributed by atoms with Crippen LogP contribution < -0.4 is 10.6 Å². The number of carbonyl (C=O) groups is 3. The normalized spacial score (nSPS) is 16.7. The van der Waals surface area contributed by atoms with Crippen LogP contribution in [0.4, 0.5) is 4.79 Å². The number of ketones is 1. The number of hydrogen-bond acceptors (Lipinski definition) is 10. The molecular weight excluding hydrogens is 516 g/mol. The van der Waals surface area contributed by atoms with Gasteiger partial charge in [-0.2, -0.15) is 12.6 Å². The molecule has 1 aliphatic carbocycles. The molecule has 12 heteroatoms. The summed E-state index contributed by atoms with van der Waals surface area (Å²) in [7, 11) is 0. The van der Waals surface area contributed by atoms with E-state index in [2.05, 4.69) is 23.3 Å². The molecule has 0 unspecified atom stereocenters. The van der Waals surface area contributed by atoms with Crippen LogP contribution in [0.1, 0.15) is 62.1 Å². The predicted octanol–water partition coefficient (Wildman–Crippen LogP) is 3.04. The van der Waals surface area contributed by atoms with E-state index in [1.807, 2.05) is 13.8 Å². The van der Waals surface area contributed by atoms with Gasteiger partial charge in [0.2, 0.25) is 5.91 Å². The Bertz CT molecular complexity index is 603. The van der Waals surface area contributed by atoms with Crippen LogP contribution in [0.3, 0.4) is 0 Å². The highest BCUT2D eigenvalue weighted by atomic mass is 32.1. The second kappa shape index (κ2) is 27.1. The summed E-state index contributed by atoms with van der Waals surface area (Å²) in [4.78, 5) is 33.9. The number of Topliss-reactive ketones (excluding diaryl/α,β-unsaturated/α-hetero) is 1. The molecule has 0 aromatic rings. The first kappa shape index (κ1) is 36.6. The molecule has 0 aromatic carbocycles. The molecule has 1 aliphatic rings. The van der Waals surface area contributed by atoms with E-state index in [9.17, 15) is 14.4 Å². The van der Waals surface area contributed by atoms with Gasteiger partial charge in [-0.15, -0.1) is 0 Å². The Labute approximate surface area is 236 Å². The van der Waals surface area contributed by atoms with Crippen molar-refractivity contribution in [1.29, 1.82) is 0 Å². The summed E-state index contributed by atoms with van der Waals surface area (Å²) in [6.07, 6.45) is 3.78. The van der Waals surface area contributed by atoms with Crippen molar-refractivity contribution in [2.45, 2.75) is 70.7 Å². The number of nitrogens with one attached hydrogen (secondary N) is 2. The number of ether oxygens (including phenoxy) is 6. The zero-order valence-corrected chi connectivity index (χ0v) is 24.4. The topological polar surface area (TPSA) is 131 Å². The van der Waals surface area contributed by atoms with Gasteiger partial charge in [0, 0.05) is 34.0 Å². The zero-order valence-electron chi connectivity index (χ0n) is 23.5. The highest BCUT2D eigenvalue weighted by molar-refractivity contribution is 7.80. The van der Waals surface area contributed by atoms with Crippen LogP contribution in [0, 0.1) is 0 Å². The molecule has 0 saturated heterocycles. The lowest BCUT2D eigenvalue weighted by molar-refractivity contribution is -0.124. The third-order valence-electron chi connectivity index (χ3n) is 5.19. The fraction of sp³-hybridized carbons (Fsp3) is 0.885. The molecule has 1 rings (SSSR count). The van der Waals surface area contributed by atoms with Crippen molar-refractivity contribution in [2.24, 2.45) is 0 Å². The maximum Gasteiger partial charge on any atom is 0.407 e. The Morgan fingerprint density at radius 2 is 1.11 bits per heavy atom. The zero-order chi connectivity index (χ0) is 28.3. The molecular formula is C26H54N2O9S. The highest BCUT2D eigenvalue weighted by Gasteiger charge is 2.21. The van der Waals surface area contributed by atoms with Gasteiger partial charge in [0.05, 0.1) is 66.1 Å². The van der Waals surface area contributed by atoms with Crippen molar-refractivity contribution in [1.82, 2.24) is 10.6 Å². The Morgan fingerprint density at radius 1 is 0.684 bits per heavy atom. The first-order valence-electron chi connectivity index (χ1n) is 13.7. The molecule has 0 aromatic heterocycles. The number of rotatable bonds is 22. The predicted molar refractivity (Wildman–Crippen MR) is 152 cm³/mol. The van der Waals surface area contributed by atoms with Gasteiger partial charge in [-0.25, -0.2) is 4.79 Å². The van der Waals surface area contributed by atoms with Gasteiger partial charge in [0.15, 0.2) is 0 Å². The Hall–Kier alpha value is -1.44. The van der Waals surface area contributed by atoms with E-state index < -0.39 is 6.09 Å². The summed E-state index contributed by atoms with van der Waals surface area (Å²) >= 11 is 4.44. The minimum atomic E-state index is -0.394. The van der Waals surface area contributed by atoms with Crippen molar-refractivity contribution in [3.63, 3.8) is 0 Å². The Morgan fingerprint density at radius 3 is 1.55 bits per heavy atom. The lowest BCUT2D eigenvalue weighted by Crippen LogP contribution is -2.33. The van der Waals surface area contributed by atoms with Gasteiger partial charge in [0.25, 0.3) is 0 Å². The van der Waals surface area contributed by atoms with Gasteiger partial charge < -0.3 is 43.8 Å². The van der Waals surface area contributed by atoms with Crippen LogP contribution >= 0.6 is 12.6 Å². The number of alkyl carbamates (subject to hydrolysis) is 1. The SMILES string of the molecule is CC.CC(=O)CCC(=O)NCCOCCOCCOCCOCCOCCNC(=O)OC1CCC(S)CC1.[HH].[HH]. The fourth-order valence-corrected chi connectivity index (χ4v) is 3.50. The molecule has 2 amide bonds. The maximum absolute atomic E-state index is 11.7. The third kappa shape index (κ3) is 24.9. The van der Waals surface area contributed by atoms with Gasteiger partial charge in [-0.05, 0) is 32.6 Å². The van der Waals surface area contributed by atoms with E-state index in [0.29, 0.717) is 84.4 Å². The first-order valence-corrected chi connectivity index (χ1v) is 14.3. The molecule has 0 atom stereocenters. The van der Waals surface area contributed by atoms with Gasteiger partial charge in [-0.1, -0.05) is 13.8 Å². The minimum absolute atomic E-state index is 0. The number of hydrogen-bond donors (Lipinski definition) is 3. The molecule has 1 saturated carbocycles. The molecule has 0 bridgehead atoms. The van der Waals surface area contributed by atoms with Crippen LogP contribution in [0.2, 0.25) is 0 Å². The summed E-state index contributed by atoms with van der Waals surface area (Å²) < 4.78 is 32.4. The second-order valence-electron chi connectivity index (χ2n) is 8.38. The van der Waals surface area contributed by atoms with Crippen LogP contribution in [0.15, 0.2) is 0 Å². The van der Waals surface area contributed by atoms with E-state index in [4.69, 9.17) is 28.4 Å². The summed E-state index contributed by atoms with van der Waals surface area (Å²) in [5.41, 5.74) is 0. The van der Waals surface area contributed by atoms with Gasteiger partial charge >= 0.3 is 6.09 Å². The van der Waals surface area contributed by atoms with Crippen molar-refractivity contribution in [3.8, 4) is 0 Å². The second-order valence-corrected chi connectivity index (χ2v) is 9.11. The van der Waals surface area contributed by atoms with Crippen molar-refractivity contribution < 1.29 is 45.7 Å². The number of amides is 2. The third-order valence-corrected chi connectivity index (χ3v) is 5.71. The molecule has 0 heterocycles. The van der Waals surface area contributed by atoms with E-state index in [1.54, 1.807) is 0 Å². The molecule has 0 radical (unpaired) electrons. The Kier molecular flexibility index (Phi) is 26.1. The van der Waals surface area contributed by atoms with Crippen LogP contribution in [-0.4, -0.2) is 108 Å². The standard InChI is InChI=1S/C24H44N2O9S.C2H6.2H2/c1-20(27)2-7-23(28)25-8-10-30-12-14-32-16-18-34-19-17-33-15-13-31-11-9-26-24(29)35-21-3-5-22(36)6-4-21;1-2;;/h21-22,36H,2-19H2,1H3,(H,25,28)(H,26,29);1-2H3;2*1H. The molecule has 11 nitrogen and oxygen atoms in total. The molecule has 0 spiro atoms. The quantitative estimate of drug-likeness (QED) is 0.133. The summed E-state index contributed by atoms with van der Waals surface area (Å²) in [6, 6.07) is 0. The number of carbonyl (C=O) groups excluding carboxylic acids is 3. The molecule has 38 heavy (non-hydrogen) atoms. The minimum Gasteiger partial charge on any atom is -0.446 e. The summed E-state index contributed by atoms with van der Waals surface area (Å²) in [6.45, 7) is 10.7. The summed E-state index contributed by atoms with van der Waals surface area (Å²) in [5, 5.41) is 5.81. The van der Waals surface area contributed by atoms with Crippen molar-refractivity contribution in [3.05, 3.63) is 0 Å². The van der Waals surface area contributed by atoms with E-state index in [-0.39, 0.29) is 33.5 Å². The largest absolute Gasteiger partial charge is 0.446 e. The van der Waals surface area contributed by atoms with Crippen molar-refractivity contribution in [2.75, 3.05) is 79.2 Å². The number of thiol groups is 1. The fourth-order valence-electron chi connectivity index (χ4n) is 3.20. The van der Waals surface area contributed by atoms with Crippen LogP contribution in [0.5, 0.6) is 0 Å². The molecule has 1 fully saturated rings. The smallest absolute Gasteiger partial charge is 0.407 e. The van der Waals surface area contributed by atoms with E-state index >= 15 is 0 Å². The van der Waals surface area contributed by atoms with Crippen LogP contribution in [-0.2, 0) is 38.0 Å². The van der Waals surface area contributed by atoms with Crippen LogP contribution in [0.25, 0.3) is 0 Å². The monoisotopic (exact) mass is 570 g/mol. The Balaban J connectivity index is -0.00000334. The lowest BCUT2D eigenvalue weighted by atomic mass is 9.97. The van der Waals surface area contributed by atoms with E-state index in [0.717, 1.165) is 25.7 Å². The molecule has 228 valence electrons. The molecule has 0 aliphatic heterocycles. The van der Waals surface area contributed by atoms with E-state index in [1.165, 1.54) is 6.92 Å². The average molecular weight is 571 g/mol. The van der Waals surface area contributed by atoms with Crippen molar-refractivity contribution >= 4 is 30.4 Å². The average Bonchev–Trinajstić information content (AvgIpc) is 2.91. The molecule has 2 N–H and O–H groups in total. The summed E-state index contributed by atoms with van der Waals surface area (Å²) in [5.74, 6) is -0.142. The highest BCUT2D eigenvalue weighted by Crippen LogP contribution is 2.24. The maximum atomic E-state index is 11.7.